The van der Waals surface area contributed by atoms with Gasteiger partial charge in [0.1, 0.15) is 0 Å². The number of hydrogen-bond donors (Lipinski definition) is 1. The van der Waals surface area contributed by atoms with Gasteiger partial charge in [-0.3, -0.25) is 14.5 Å². The van der Waals surface area contributed by atoms with Crippen LogP contribution in [-0.4, -0.2) is 59.3 Å². The molecule has 1 aliphatic rings. The Kier molecular flexibility index (Phi) is 7.86. The predicted octanol–water partition coefficient (Wildman–Crippen LogP) is 3.62. The fourth-order valence-electron chi connectivity index (χ4n) is 4.05. The molecule has 1 aromatic heterocycles. The van der Waals surface area contributed by atoms with E-state index in [1.807, 2.05) is 52.7 Å². The molecule has 172 valence electrons. The van der Waals surface area contributed by atoms with Crippen LogP contribution in [0.2, 0.25) is 0 Å². The molecule has 2 aromatic carbocycles. The van der Waals surface area contributed by atoms with Gasteiger partial charge in [0.2, 0.25) is 11.8 Å². The predicted molar refractivity (Wildman–Crippen MR) is 133 cm³/mol. The molecular weight excluding hydrogens is 432 g/mol. The smallest absolute Gasteiger partial charge is 0.238 e. The molecule has 4 rings (SSSR count). The second-order valence-electron chi connectivity index (χ2n) is 8.29. The number of rotatable bonds is 8. The quantitative estimate of drug-likeness (QED) is 0.555. The minimum absolute atomic E-state index is 0.0101. The molecular formula is C26H30N4O2S. The van der Waals surface area contributed by atoms with Crippen molar-refractivity contribution in [1.29, 1.82) is 0 Å². The number of benzene rings is 2. The van der Waals surface area contributed by atoms with Crippen molar-refractivity contribution in [2.75, 3.05) is 38.0 Å². The van der Waals surface area contributed by atoms with E-state index in [-0.39, 0.29) is 11.8 Å². The highest BCUT2D eigenvalue weighted by Gasteiger charge is 2.23. The van der Waals surface area contributed by atoms with E-state index >= 15 is 0 Å². The first-order valence-corrected chi connectivity index (χ1v) is 12.3. The van der Waals surface area contributed by atoms with Crippen molar-refractivity contribution in [1.82, 2.24) is 14.8 Å². The summed E-state index contributed by atoms with van der Waals surface area (Å²) < 4.78 is 0. The lowest BCUT2D eigenvalue weighted by atomic mass is 10.1. The Bertz CT molecular complexity index is 1070. The summed E-state index contributed by atoms with van der Waals surface area (Å²) in [5.74, 6) is 0.0941. The lowest BCUT2D eigenvalue weighted by molar-refractivity contribution is -0.132. The van der Waals surface area contributed by atoms with Gasteiger partial charge in [0.25, 0.3) is 0 Å². The van der Waals surface area contributed by atoms with E-state index in [0.29, 0.717) is 39.1 Å². The molecule has 2 amide bonds. The number of para-hydroxylation sites is 1. The van der Waals surface area contributed by atoms with Crippen molar-refractivity contribution in [3.05, 3.63) is 81.8 Å². The summed E-state index contributed by atoms with van der Waals surface area (Å²) in [6.07, 6.45) is 2.01. The summed E-state index contributed by atoms with van der Waals surface area (Å²) >= 11 is 1.61. The molecule has 1 fully saturated rings. The van der Waals surface area contributed by atoms with Gasteiger partial charge in [-0.2, -0.15) is 0 Å². The first kappa shape index (κ1) is 23.1. The molecule has 1 saturated heterocycles. The van der Waals surface area contributed by atoms with Crippen LogP contribution in [-0.2, 0) is 28.9 Å². The fraction of sp³-hybridized carbons (Fsp3) is 0.346. The fourth-order valence-corrected chi connectivity index (χ4v) is 4.88. The summed E-state index contributed by atoms with van der Waals surface area (Å²) in [6, 6.07) is 18.1. The second kappa shape index (κ2) is 11.2. The second-order valence-corrected chi connectivity index (χ2v) is 9.23. The molecule has 0 unspecified atom stereocenters. The van der Waals surface area contributed by atoms with Crippen LogP contribution in [0.3, 0.4) is 0 Å². The molecule has 1 aliphatic heterocycles. The van der Waals surface area contributed by atoms with Crippen LogP contribution < -0.4 is 5.32 Å². The van der Waals surface area contributed by atoms with Gasteiger partial charge in [-0.15, -0.1) is 11.3 Å². The van der Waals surface area contributed by atoms with E-state index < -0.39 is 0 Å². The van der Waals surface area contributed by atoms with E-state index in [0.717, 1.165) is 34.8 Å². The molecule has 0 radical (unpaired) electrons. The maximum absolute atomic E-state index is 12.8. The number of piperazine rings is 1. The van der Waals surface area contributed by atoms with Crippen LogP contribution in [0, 0.1) is 0 Å². The number of carbonyl (C=O) groups excluding carboxylic acids is 2. The average Bonchev–Trinajstić information content (AvgIpc) is 3.27. The summed E-state index contributed by atoms with van der Waals surface area (Å²) in [7, 11) is 0. The van der Waals surface area contributed by atoms with Crippen molar-refractivity contribution >= 4 is 28.8 Å². The number of nitrogens with zero attached hydrogens (tertiary/aromatic N) is 3. The zero-order chi connectivity index (χ0) is 23.0. The monoisotopic (exact) mass is 462 g/mol. The van der Waals surface area contributed by atoms with Gasteiger partial charge >= 0.3 is 0 Å². The third-order valence-electron chi connectivity index (χ3n) is 5.89. The highest BCUT2D eigenvalue weighted by molar-refractivity contribution is 7.09. The number of thiazole rings is 1. The van der Waals surface area contributed by atoms with Gasteiger partial charge in [-0.25, -0.2) is 4.98 Å². The van der Waals surface area contributed by atoms with E-state index in [4.69, 9.17) is 0 Å². The molecule has 3 aromatic rings. The van der Waals surface area contributed by atoms with Crippen molar-refractivity contribution in [2.24, 2.45) is 0 Å². The number of nitrogens with one attached hydrogen (secondary N) is 1. The van der Waals surface area contributed by atoms with Crippen molar-refractivity contribution < 1.29 is 9.59 Å². The highest BCUT2D eigenvalue weighted by Crippen LogP contribution is 2.17. The van der Waals surface area contributed by atoms with Crippen LogP contribution in [0.1, 0.15) is 28.8 Å². The molecule has 0 aliphatic carbocycles. The molecule has 0 bridgehead atoms. The molecule has 6 nitrogen and oxygen atoms in total. The summed E-state index contributed by atoms with van der Waals surface area (Å²) in [5, 5.41) is 6.05. The summed E-state index contributed by atoms with van der Waals surface area (Å²) in [5.41, 5.74) is 4.08. The SMILES string of the molecule is CCc1ccccc1NC(=O)CN1CCN(C(=O)Cc2csc(Cc3ccccc3)n2)CC1. The largest absolute Gasteiger partial charge is 0.340 e. The lowest BCUT2D eigenvalue weighted by Gasteiger charge is -2.34. The Morgan fingerprint density at radius 3 is 2.48 bits per heavy atom. The molecule has 33 heavy (non-hydrogen) atoms. The van der Waals surface area contributed by atoms with E-state index in [2.05, 4.69) is 34.3 Å². The van der Waals surface area contributed by atoms with Gasteiger partial charge < -0.3 is 10.2 Å². The minimum Gasteiger partial charge on any atom is -0.340 e. The minimum atomic E-state index is -0.0101. The zero-order valence-corrected chi connectivity index (χ0v) is 19.8. The first-order chi connectivity index (χ1) is 16.1. The first-order valence-electron chi connectivity index (χ1n) is 11.5. The van der Waals surface area contributed by atoms with Crippen molar-refractivity contribution in [2.45, 2.75) is 26.2 Å². The lowest BCUT2D eigenvalue weighted by Crippen LogP contribution is -2.50. The van der Waals surface area contributed by atoms with Gasteiger partial charge in [0, 0.05) is 43.7 Å². The van der Waals surface area contributed by atoms with E-state index in [1.54, 1.807) is 11.3 Å². The van der Waals surface area contributed by atoms with Gasteiger partial charge in [-0.05, 0) is 23.6 Å². The topological polar surface area (TPSA) is 65.5 Å². The molecule has 0 saturated carbocycles. The number of carbonyl (C=O) groups is 2. The third-order valence-corrected chi connectivity index (χ3v) is 6.79. The Labute approximate surface area is 199 Å². The van der Waals surface area contributed by atoms with Gasteiger partial charge in [-0.1, -0.05) is 55.5 Å². The Morgan fingerprint density at radius 2 is 1.73 bits per heavy atom. The number of anilines is 1. The van der Waals surface area contributed by atoms with Crippen LogP contribution in [0.4, 0.5) is 5.69 Å². The third kappa shape index (κ3) is 6.49. The van der Waals surface area contributed by atoms with Crippen LogP contribution in [0.15, 0.2) is 60.0 Å². The highest BCUT2D eigenvalue weighted by atomic mass is 32.1. The van der Waals surface area contributed by atoms with Crippen LogP contribution >= 0.6 is 11.3 Å². The van der Waals surface area contributed by atoms with Gasteiger partial charge in [0.05, 0.1) is 23.7 Å². The molecule has 0 spiro atoms. The van der Waals surface area contributed by atoms with Gasteiger partial charge in [0.15, 0.2) is 0 Å². The molecule has 1 N–H and O–H groups in total. The van der Waals surface area contributed by atoms with E-state index in [1.165, 1.54) is 5.56 Å². The Balaban J connectivity index is 1.22. The number of aromatic nitrogens is 1. The van der Waals surface area contributed by atoms with Crippen molar-refractivity contribution in [3.63, 3.8) is 0 Å². The Morgan fingerprint density at radius 1 is 1.00 bits per heavy atom. The Hall–Kier alpha value is -3.03. The molecule has 0 atom stereocenters. The van der Waals surface area contributed by atoms with Crippen LogP contribution in [0.25, 0.3) is 0 Å². The number of aryl methyl sites for hydroxylation is 1. The van der Waals surface area contributed by atoms with Crippen LogP contribution in [0.5, 0.6) is 0 Å². The number of amides is 2. The summed E-state index contributed by atoms with van der Waals surface area (Å²) in [4.78, 5) is 33.9. The maximum atomic E-state index is 12.8. The molecule has 7 heteroatoms. The standard InChI is InChI=1S/C26H30N4O2S/c1-2-21-10-6-7-11-23(21)28-24(31)18-29-12-14-30(15-13-29)26(32)17-22-19-33-25(27-22)16-20-8-4-3-5-9-20/h3-11,19H,2,12-18H2,1H3,(H,28,31). The maximum Gasteiger partial charge on any atom is 0.238 e. The average molecular weight is 463 g/mol. The summed E-state index contributed by atoms with van der Waals surface area (Å²) in [6.45, 7) is 5.10. The zero-order valence-electron chi connectivity index (χ0n) is 19.0. The number of hydrogen-bond acceptors (Lipinski definition) is 5. The van der Waals surface area contributed by atoms with E-state index in [9.17, 15) is 9.59 Å². The normalized spacial score (nSPS) is 14.3. The molecule has 2 heterocycles. The van der Waals surface area contributed by atoms with Crippen molar-refractivity contribution in [3.8, 4) is 0 Å².